The van der Waals surface area contributed by atoms with E-state index in [-0.39, 0.29) is 36.9 Å². The van der Waals surface area contributed by atoms with Crippen molar-refractivity contribution in [3.05, 3.63) is 0 Å². The van der Waals surface area contributed by atoms with Crippen molar-refractivity contribution in [3.63, 3.8) is 0 Å². The van der Waals surface area contributed by atoms with Gasteiger partial charge in [0.2, 0.25) is 0 Å². The lowest BCUT2D eigenvalue weighted by Crippen LogP contribution is -2.18. The Morgan fingerprint density at radius 2 is 2.00 bits per heavy atom. The van der Waals surface area contributed by atoms with Crippen LogP contribution in [0.2, 0.25) is 0 Å². The molecule has 0 saturated heterocycles. The second kappa shape index (κ2) is 8.24. The third-order valence-corrected chi connectivity index (χ3v) is 3.43. The number of Topliss-reactive ketones (excluding diaryl/α,β-unsaturated/α-hetero) is 1. The van der Waals surface area contributed by atoms with Gasteiger partial charge in [0, 0.05) is 19.4 Å². The molecule has 3 atom stereocenters. The van der Waals surface area contributed by atoms with Gasteiger partial charge in [0.15, 0.2) is 0 Å². The molecule has 0 aromatic rings. The van der Waals surface area contributed by atoms with Crippen molar-refractivity contribution in [2.24, 2.45) is 11.8 Å². The fourth-order valence-corrected chi connectivity index (χ4v) is 2.50. The fourth-order valence-electron chi connectivity index (χ4n) is 2.50. The first-order valence-electron chi connectivity index (χ1n) is 6.45. The third-order valence-electron chi connectivity index (χ3n) is 3.43. The maximum atomic E-state index is 11.5. The van der Waals surface area contributed by atoms with Crippen LogP contribution in [-0.4, -0.2) is 50.1 Å². The van der Waals surface area contributed by atoms with Gasteiger partial charge in [0.05, 0.1) is 19.3 Å². The predicted octanol–water partition coefficient (Wildman–Crippen LogP) is 1.08. The molecule has 0 amide bonds. The maximum absolute atomic E-state index is 11.5. The van der Waals surface area contributed by atoms with E-state index in [2.05, 4.69) is 0 Å². The number of carboxylic acids is 1. The Hall–Kier alpha value is -0.980. The van der Waals surface area contributed by atoms with Gasteiger partial charge < -0.3 is 19.3 Å². The first-order chi connectivity index (χ1) is 9.04. The van der Waals surface area contributed by atoms with E-state index in [0.717, 1.165) is 0 Å². The molecule has 1 N–H and O–H groups in total. The first kappa shape index (κ1) is 16.1. The molecular weight excluding hydrogens is 252 g/mol. The molecule has 6 heteroatoms. The summed E-state index contributed by atoms with van der Waals surface area (Å²) < 4.78 is 15.6. The van der Waals surface area contributed by atoms with Gasteiger partial charge in [0.25, 0.3) is 0 Å². The molecular formula is C13H22O6. The predicted molar refractivity (Wildman–Crippen MR) is 66.7 cm³/mol. The summed E-state index contributed by atoms with van der Waals surface area (Å²) in [5, 5.41) is 8.84. The molecule has 1 aliphatic carbocycles. The number of rotatable bonds is 9. The number of ketones is 1. The molecule has 0 aromatic heterocycles. The van der Waals surface area contributed by atoms with Crippen LogP contribution < -0.4 is 0 Å². The van der Waals surface area contributed by atoms with Crippen LogP contribution in [0.3, 0.4) is 0 Å². The van der Waals surface area contributed by atoms with Gasteiger partial charge in [-0.15, -0.1) is 0 Å². The van der Waals surface area contributed by atoms with Crippen molar-refractivity contribution in [1.82, 2.24) is 0 Å². The minimum atomic E-state index is -0.867. The number of carboxylic acid groups (broad SMARTS) is 1. The van der Waals surface area contributed by atoms with Crippen LogP contribution in [-0.2, 0) is 23.8 Å². The molecule has 3 unspecified atom stereocenters. The molecule has 110 valence electrons. The fraction of sp³-hybridized carbons (Fsp3) is 0.846. The molecule has 1 rings (SSSR count). The van der Waals surface area contributed by atoms with E-state index in [4.69, 9.17) is 19.3 Å². The Bertz CT molecular complexity index is 304. The third kappa shape index (κ3) is 5.67. The Morgan fingerprint density at radius 1 is 1.26 bits per heavy atom. The lowest BCUT2D eigenvalue weighted by Gasteiger charge is -2.13. The highest BCUT2D eigenvalue weighted by Crippen LogP contribution is 2.36. The van der Waals surface area contributed by atoms with Gasteiger partial charge in [-0.1, -0.05) is 0 Å². The molecule has 0 aromatic carbocycles. The minimum absolute atomic E-state index is 0.0225. The number of carbonyl (C=O) groups is 2. The van der Waals surface area contributed by atoms with E-state index < -0.39 is 5.97 Å². The quantitative estimate of drug-likeness (QED) is 0.500. The molecule has 1 fully saturated rings. The molecule has 6 nitrogen and oxygen atoms in total. The molecule has 0 heterocycles. The number of methoxy groups -OCH3 is 1. The van der Waals surface area contributed by atoms with Gasteiger partial charge in [-0.05, 0) is 25.7 Å². The monoisotopic (exact) mass is 274 g/mol. The SMILES string of the molecule is COCCOCOC1CC(CC(=O)O)C(C(C)=O)C1. The highest BCUT2D eigenvalue weighted by molar-refractivity contribution is 5.80. The zero-order chi connectivity index (χ0) is 14.3. The van der Waals surface area contributed by atoms with Crippen molar-refractivity contribution < 1.29 is 28.9 Å². The molecule has 0 radical (unpaired) electrons. The van der Waals surface area contributed by atoms with Crippen molar-refractivity contribution >= 4 is 11.8 Å². The lowest BCUT2D eigenvalue weighted by atomic mass is 9.90. The molecule has 0 spiro atoms. The van der Waals surface area contributed by atoms with E-state index >= 15 is 0 Å². The normalized spacial score (nSPS) is 26.5. The van der Waals surface area contributed by atoms with Crippen molar-refractivity contribution in [2.45, 2.75) is 32.3 Å². The zero-order valence-corrected chi connectivity index (χ0v) is 11.5. The molecule has 0 aliphatic heterocycles. The topological polar surface area (TPSA) is 82.1 Å². The molecule has 1 aliphatic rings. The summed E-state index contributed by atoms with van der Waals surface area (Å²) in [4.78, 5) is 22.3. The van der Waals surface area contributed by atoms with Gasteiger partial charge in [-0.2, -0.15) is 0 Å². The van der Waals surface area contributed by atoms with E-state index in [1.54, 1.807) is 7.11 Å². The summed E-state index contributed by atoms with van der Waals surface area (Å²) in [6, 6.07) is 0. The highest BCUT2D eigenvalue weighted by Gasteiger charge is 2.38. The number of hydrogen-bond donors (Lipinski definition) is 1. The number of aliphatic carboxylic acids is 1. The average molecular weight is 274 g/mol. The highest BCUT2D eigenvalue weighted by atomic mass is 16.7. The lowest BCUT2D eigenvalue weighted by molar-refractivity contribution is -0.138. The van der Waals surface area contributed by atoms with Crippen molar-refractivity contribution in [3.8, 4) is 0 Å². The second-order valence-corrected chi connectivity index (χ2v) is 4.85. The smallest absolute Gasteiger partial charge is 0.303 e. The van der Waals surface area contributed by atoms with Crippen LogP contribution in [0.5, 0.6) is 0 Å². The van der Waals surface area contributed by atoms with Crippen LogP contribution in [0, 0.1) is 11.8 Å². The van der Waals surface area contributed by atoms with Crippen LogP contribution in [0.25, 0.3) is 0 Å². The number of carbonyl (C=O) groups excluding carboxylic acids is 1. The van der Waals surface area contributed by atoms with E-state index in [1.807, 2.05) is 0 Å². The minimum Gasteiger partial charge on any atom is -0.481 e. The van der Waals surface area contributed by atoms with E-state index in [0.29, 0.717) is 26.1 Å². The molecule has 19 heavy (non-hydrogen) atoms. The summed E-state index contributed by atoms with van der Waals surface area (Å²) in [6.07, 6.45) is 1.11. The Morgan fingerprint density at radius 3 is 2.58 bits per heavy atom. The first-order valence-corrected chi connectivity index (χ1v) is 6.45. The largest absolute Gasteiger partial charge is 0.481 e. The van der Waals surface area contributed by atoms with Gasteiger partial charge >= 0.3 is 5.97 Å². The number of ether oxygens (including phenoxy) is 3. The standard InChI is InChI=1S/C13H22O6/c1-9(14)12-7-11(5-10(12)6-13(15)16)19-8-18-4-3-17-2/h10-12H,3-8H2,1-2H3,(H,15,16). The van der Waals surface area contributed by atoms with E-state index in [9.17, 15) is 9.59 Å². The maximum Gasteiger partial charge on any atom is 0.303 e. The molecule has 0 bridgehead atoms. The summed E-state index contributed by atoms with van der Waals surface area (Å²) >= 11 is 0. The average Bonchev–Trinajstić information content (AvgIpc) is 2.71. The molecule has 1 saturated carbocycles. The Kier molecular flexibility index (Phi) is 6.97. The van der Waals surface area contributed by atoms with Crippen molar-refractivity contribution in [1.29, 1.82) is 0 Å². The Balaban J connectivity index is 2.33. The van der Waals surface area contributed by atoms with Crippen LogP contribution in [0.15, 0.2) is 0 Å². The number of hydrogen-bond acceptors (Lipinski definition) is 5. The second-order valence-electron chi connectivity index (χ2n) is 4.85. The van der Waals surface area contributed by atoms with Crippen LogP contribution in [0.1, 0.15) is 26.2 Å². The van der Waals surface area contributed by atoms with E-state index in [1.165, 1.54) is 6.92 Å². The van der Waals surface area contributed by atoms with Crippen molar-refractivity contribution in [2.75, 3.05) is 27.1 Å². The summed E-state index contributed by atoms with van der Waals surface area (Å²) in [5.41, 5.74) is 0. The summed E-state index contributed by atoms with van der Waals surface area (Å²) in [7, 11) is 1.59. The summed E-state index contributed by atoms with van der Waals surface area (Å²) in [5.74, 6) is -1.16. The summed E-state index contributed by atoms with van der Waals surface area (Å²) in [6.45, 7) is 2.62. The zero-order valence-electron chi connectivity index (χ0n) is 11.5. The van der Waals surface area contributed by atoms with Gasteiger partial charge in [-0.25, -0.2) is 0 Å². The van der Waals surface area contributed by atoms with Crippen LogP contribution >= 0.6 is 0 Å². The Labute approximate surface area is 113 Å². The van der Waals surface area contributed by atoms with Gasteiger partial charge in [0.1, 0.15) is 12.6 Å². The van der Waals surface area contributed by atoms with Crippen LogP contribution in [0.4, 0.5) is 0 Å². The van der Waals surface area contributed by atoms with Gasteiger partial charge in [-0.3, -0.25) is 9.59 Å².